The molecule has 0 saturated heterocycles. The monoisotopic (exact) mass is 306 g/mol. The lowest BCUT2D eigenvalue weighted by Crippen LogP contribution is -2.06. The Hall–Kier alpha value is -1.39. The summed E-state index contributed by atoms with van der Waals surface area (Å²) in [7, 11) is 1.93. The Kier molecular flexibility index (Phi) is 4.73. The predicted octanol–water partition coefficient (Wildman–Crippen LogP) is 3.14. The molecule has 0 amide bonds. The van der Waals surface area contributed by atoms with Gasteiger partial charge in [0.1, 0.15) is 12.4 Å². The van der Waals surface area contributed by atoms with Crippen molar-refractivity contribution >= 4 is 15.9 Å². The smallest absolute Gasteiger partial charge is 0.120 e. The van der Waals surface area contributed by atoms with E-state index in [0.717, 1.165) is 22.3 Å². The molecule has 1 aromatic heterocycles. The molecular formula is C14H15BrN2O. The van der Waals surface area contributed by atoms with Crippen LogP contribution in [0.1, 0.15) is 11.1 Å². The first-order valence-electron chi connectivity index (χ1n) is 5.74. The first kappa shape index (κ1) is 13.1. The summed E-state index contributed by atoms with van der Waals surface area (Å²) >= 11 is 3.52. The third-order valence-electron chi connectivity index (χ3n) is 2.54. The molecule has 1 N–H and O–H groups in total. The molecule has 1 heterocycles. The van der Waals surface area contributed by atoms with Crippen molar-refractivity contribution in [1.29, 1.82) is 0 Å². The van der Waals surface area contributed by atoms with Crippen LogP contribution in [0.4, 0.5) is 0 Å². The summed E-state index contributed by atoms with van der Waals surface area (Å²) in [6.45, 7) is 1.37. The highest BCUT2D eigenvalue weighted by Crippen LogP contribution is 2.23. The maximum absolute atomic E-state index is 5.76. The van der Waals surface area contributed by atoms with Gasteiger partial charge in [-0.2, -0.15) is 0 Å². The Bertz CT molecular complexity index is 502. The molecular weight excluding hydrogens is 292 g/mol. The molecule has 0 fully saturated rings. The number of nitrogens with zero attached hydrogens (tertiary/aromatic N) is 1. The van der Waals surface area contributed by atoms with Crippen molar-refractivity contribution in [3.63, 3.8) is 0 Å². The number of hydrogen-bond donors (Lipinski definition) is 1. The normalized spacial score (nSPS) is 10.3. The molecule has 0 radical (unpaired) electrons. The number of pyridine rings is 1. The standard InChI is InChI=1S/C14H15BrN2O/c1-16-9-12-8-13(2-3-14(12)15)18-10-11-4-6-17-7-5-11/h2-8,16H,9-10H2,1H3. The minimum Gasteiger partial charge on any atom is -0.489 e. The summed E-state index contributed by atoms with van der Waals surface area (Å²) in [6.07, 6.45) is 3.54. The molecule has 0 aliphatic carbocycles. The van der Waals surface area contributed by atoms with E-state index in [4.69, 9.17) is 4.74 Å². The zero-order chi connectivity index (χ0) is 12.8. The largest absolute Gasteiger partial charge is 0.489 e. The van der Waals surface area contributed by atoms with Gasteiger partial charge < -0.3 is 10.1 Å². The number of nitrogens with one attached hydrogen (secondary N) is 1. The lowest BCUT2D eigenvalue weighted by Gasteiger charge is -2.09. The van der Waals surface area contributed by atoms with Crippen LogP contribution in [0.3, 0.4) is 0 Å². The molecule has 2 rings (SSSR count). The Balaban J connectivity index is 2.03. The lowest BCUT2D eigenvalue weighted by atomic mass is 10.2. The highest BCUT2D eigenvalue weighted by molar-refractivity contribution is 9.10. The fourth-order valence-corrected chi connectivity index (χ4v) is 2.00. The summed E-state index contributed by atoms with van der Waals surface area (Å²) < 4.78 is 6.85. The van der Waals surface area contributed by atoms with Crippen LogP contribution in [0.2, 0.25) is 0 Å². The van der Waals surface area contributed by atoms with Gasteiger partial charge in [-0.3, -0.25) is 4.98 Å². The molecule has 0 spiro atoms. The van der Waals surface area contributed by atoms with Crippen molar-refractivity contribution in [3.8, 4) is 5.75 Å². The molecule has 1 aromatic carbocycles. The zero-order valence-electron chi connectivity index (χ0n) is 10.2. The van der Waals surface area contributed by atoms with E-state index < -0.39 is 0 Å². The second-order valence-electron chi connectivity index (χ2n) is 3.93. The highest BCUT2D eigenvalue weighted by atomic mass is 79.9. The van der Waals surface area contributed by atoms with E-state index in [1.807, 2.05) is 37.4 Å². The molecule has 4 heteroatoms. The van der Waals surface area contributed by atoms with Gasteiger partial charge in [0.15, 0.2) is 0 Å². The summed E-state index contributed by atoms with van der Waals surface area (Å²) in [5.41, 5.74) is 2.30. The van der Waals surface area contributed by atoms with Crippen molar-refractivity contribution in [2.24, 2.45) is 0 Å². The Morgan fingerprint density at radius 2 is 2.00 bits per heavy atom. The van der Waals surface area contributed by atoms with E-state index >= 15 is 0 Å². The Labute approximate surface area is 115 Å². The number of rotatable bonds is 5. The first-order chi connectivity index (χ1) is 8.79. The number of aromatic nitrogens is 1. The van der Waals surface area contributed by atoms with E-state index in [1.54, 1.807) is 12.4 Å². The van der Waals surface area contributed by atoms with E-state index in [0.29, 0.717) is 6.61 Å². The minimum absolute atomic E-state index is 0.559. The second kappa shape index (κ2) is 6.52. The van der Waals surface area contributed by atoms with Crippen LogP contribution in [0.5, 0.6) is 5.75 Å². The molecule has 94 valence electrons. The van der Waals surface area contributed by atoms with Crippen LogP contribution in [0, 0.1) is 0 Å². The fraction of sp³-hybridized carbons (Fsp3) is 0.214. The molecule has 0 aliphatic heterocycles. The quantitative estimate of drug-likeness (QED) is 0.921. The SMILES string of the molecule is CNCc1cc(OCc2ccncc2)ccc1Br. The minimum atomic E-state index is 0.559. The van der Waals surface area contributed by atoms with Gasteiger partial charge in [0.25, 0.3) is 0 Å². The van der Waals surface area contributed by atoms with Gasteiger partial charge in [-0.15, -0.1) is 0 Å². The third-order valence-corrected chi connectivity index (χ3v) is 3.31. The van der Waals surface area contributed by atoms with Crippen molar-refractivity contribution in [2.75, 3.05) is 7.05 Å². The van der Waals surface area contributed by atoms with Crippen LogP contribution < -0.4 is 10.1 Å². The van der Waals surface area contributed by atoms with E-state index in [9.17, 15) is 0 Å². The molecule has 0 saturated carbocycles. The fourth-order valence-electron chi connectivity index (χ4n) is 1.61. The van der Waals surface area contributed by atoms with Crippen LogP contribution in [0.15, 0.2) is 47.2 Å². The number of halogens is 1. The van der Waals surface area contributed by atoms with Crippen LogP contribution in [0.25, 0.3) is 0 Å². The van der Waals surface area contributed by atoms with Crippen molar-refractivity contribution in [3.05, 3.63) is 58.3 Å². The summed E-state index contributed by atoms with van der Waals surface area (Å²) in [5, 5.41) is 3.13. The molecule has 2 aromatic rings. The van der Waals surface area contributed by atoms with Gasteiger partial charge in [-0.25, -0.2) is 0 Å². The van der Waals surface area contributed by atoms with Gasteiger partial charge in [-0.05, 0) is 48.5 Å². The molecule has 3 nitrogen and oxygen atoms in total. The van der Waals surface area contributed by atoms with Crippen molar-refractivity contribution in [1.82, 2.24) is 10.3 Å². The maximum atomic E-state index is 5.76. The van der Waals surface area contributed by atoms with E-state index in [1.165, 1.54) is 5.56 Å². The lowest BCUT2D eigenvalue weighted by molar-refractivity contribution is 0.305. The Morgan fingerprint density at radius 3 is 2.72 bits per heavy atom. The summed E-state index contributed by atoms with van der Waals surface area (Å²) in [4.78, 5) is 3.98. The first-order valence-corrected chi connectivity index (χ1v) is 6.53. The summed E-state index contributed by atoms with van der Waals surface area (Å²) in [5.74, 6) is 0.875. The van der Waals surface area contributed by atoms with Crippen LogP contribution in [-0.2, 0) is 13.2 Å². The van der Waals surface area contributed by atoms with Gasteiger partial charge in [0.05, 0.1) is 0 Å². The van der Waals surface area contributed by atoms with Gasteiger partial charge in [0, 0.05) is 23.4 Å². The second-order valence-corrected chi connectivity index (χ2v) is 4.78. The third kappa shape index (κ3) is 3.55. The van der Waals surface area contributed by atoms with Gasteiger partial charge >= 0.3 is 0 Å². The average molecular weight is 307 g/mol. The predicted molar refractivity (Wildman–Crippen MR) is 75.5 cm³/mol. The zero-order valence-corrected chi connectivity index (χ0v) is 11.8. The van der Waals surface area contributed by atoms with E-state index in [-0.39, 0.29) is 0 Å². The molecule has 0 aliphatic rings. The van der Waals surface area contributed by atoms with Gasteiger partial charge in [0.2, 0.25) is 0 Å². The molecule has 0 unspecified atom stereocenters. The topological polar surface area (TPSA) is 34.1 Å². The maximum Gasteiger partial charge on any atom is 0.120 e. The van der Waals surface area contributed by atoms with E-state index in [2.05, 4.69) is 26.2 Å². The molecule has 0 atom stereocenters. The number of hydrogen-bond acceptors (Lipinski definition) is 3. The molecule has 18 heavy (non-hydrogen) atoms. The van der Waals surface area contributed by atoms with Gasteiger partial charge in [-0.1, -0.05) is 15.9 Å². The van der Waals surface area contributed by atoms with Crippen molar-refractivity contribution < 1.29 is 4.74 Å². The number of ether oxygens (including phenoxy) is 1. The highest BCUT2D eigenvalue weighted by Gasteiger charge is 2.02. The van der Waals surface area contributed by atoms with Crippen LogP contribution in [-0.4, -0.2) is 12.0 Å². The average Bonchev–Trinajstić information content (AvgIpc) is 2.41. The van der Waals surface area contributed by atoms with Crippen LogP contribution >= 0.6 is 15.9 Å². The van der Waals surface area contributed by atoms with Crippen molar-refractivity contribution in [2.45, 2.75) is 13.2 Å². The number of benzene rings is 1. The Morgan fingerprint density at radius 1 is 1.22 bits per heavy atom. The summed E-state index contributed by atoms with van der Waals surface area (Å²) in [6, 6.07) is 9.92. The molecule has 0 bridgehead atoms.